The summed E-state index contributed by atoms with van der Waals surface area (Å²) in [7, 11) is 0. The highest BCUT2D eigenvalue weighted by Crippen LogP contribution is 2.26. The Morgan fingerprint density at radius 1 is 1.00 bits per heavy atom. The number of rotatable bonds is 8. The van der Waals surface area contributed by atoms with E-state index in [0.717, 1.165) is 6.42 Å². The largest absolute Gasteiger partial charge is 0.393 e. The van der Waals surface area contributed by atoms with Crippen LogP contribution in [0.1, 0.15) is 40.0 Å². The lowest BCUT2D eigenvalue weighted by atomic mass is 9.96. The van der Waals surface area contributed by atoms with E-state index in [-0.39, 0.29) is 19.8 Å². The molecule has 0 rings (SSSR count). The van der Waals surface area contributed by atoms with Crippen LogP contribution < -0.4 is 0 Å². The predicted octanol–water partition coefficient (Wildman–Crippen LogP) is 0.688. The third-order valence-corrected chi connectivity index (χ3v) is 2.83. The molecule has 0 aliphatic carbocycles. The lowest BCUT2D eigenvalue weighted by Crippen LogP contribution is -2.49. The molecule has 0 aliphatic rings. The van der Waals surface area contributed by atoms with Crippen molar-refractivity contribution in [3.63, 3.8) is 0 Å². The third kappa shape index (κ3) is 4.07. The Hall–Kier alpha value is -0.160. The predicted molar refractivity (Wildman–Crippen MR) is 58.7 cm³/mol. The van der Waals surface area contributed by atoms with Gasteiger partial charge in [-0.15, -0.1) is 0 Å². The summed E-state index contributed by atoms with van der Waals surface area (Å²) in [6.45, 7) is 5.07. The maximum atomic E-state index is 9.30. The van der Waals surface area contributed by atoms with Crippen LogP contribution in [0.3, 0.4) is 0 Å². The molecule has 0 aromatic heterocycles. The van der Waals surface area contributed by atoms with Gasteiger partial charge >= 0.3 is 0 Å². The highest BCUT2D eigenvalue weighted by molar-refractivity contribution is 4.85. The first-order valence-corrected chi connectivity index (χ1v) is 5.54. The molecule has 0 amide bonds. The minimum atomic E-state index is -0.928. The molecular weight excluding hydrogens is 196 g/mol. The number of aliphatic hydroxyl groups excluding tert-OH is 3. The van der Waals surface area contributed by atoms with E-state index in [1.165, 1.54) is 0 Å². The van der Waals surface area contributed by atoms with Crippen LogP contribution in [0.25, 0.3) is 0 Å². The summed E-state index contributed by atoms with van der Waals surface area (Å²) in [6, 6.07) is 0. The Kier molecular flexibility index (Phi) is 6.36. The van der Waals surface area contributed by atoms with Crippen LogP contribution in [0.4, 0.5) is 0 Å². The summed E-state index contributed by atoms with van der Waals surface area (Å²) in [5, 5.41) is 27.8. The number of aliphatic hydroxyl groups is 3. The van der Waals surface area contributed by atoms with Crippen molar-refractivity contribution in [2.45, 2.75) is 51.2 Å². The minimum Gasteiger partial charge on any atom is -0.393 e. The Morgan fingerprint density at radius 2 is 1.53 bits per heavy atom. The van der Waals surface area contributed by atoms with Crippen molar-refractivity contribution in [3.8, 4) is 0 Å². The van der Waals surface area contributed by atoms with Gasteiger partial charge in [0.1, 0.15) is 5.60 Å². The second kappa shape index (κ2) is 6.43. The Bertz CT molecular complexity index is 162. The van der Waals surface area contributed by atoms with E-state index in [0.29, 0.717) is 12.8 Å². The summed E-state index contributed by atoms with van der Waals surface area (Å²) in [6.07, 6.45) is 2.02. The average molecular weight is 220 g/mol. The van der Waals surface area contributed by atoms with E-state index in [2.05, 4.69) is 0 Å². The smallest absolute Gasteiger partial charge is 0.115 e. The SMILES string of the molecule is CCCC(CO)(CO)OC(C)(CC)CO. The first-order valence-electron chi connectivity index (χ1n) is 5.54. The van der Waals surface area contributed by atoms with Gasteiger partial charge in [0.15, 0.2) is 0 Å². The maximum absolute atomic E-state index is 9.30. The first-order chi connectivity index (χ1) is 7.01. The fraction of sp³-hybridized carbons (Fsp3) is 1.00. The molecule has 0 radical (unpaired) electrons. The topological polar surface area (TPSA) is 69.9 Å². The molecule has 4 nitrogen and oxygen atoms in total. The average Bonchev–Trinajstić information content (AvgIpc) is 2.28. The molecule has 0 aliphatic heterocycles. The normalized spacial score (nSPS) is 16.4. The van der Waals surface area contributed by atoms with Gasteiger partial charge in [-0.1, -0.05) is 20.3 Å². The molecule has 0 bridgehead atoms. The van der Waals surface area contributed by atoms with Gasteiger partial charge in [-0.05, 0) is 19.8 Å². The van der Waals surface area contributed by atoms with Crippen LogP contribution in [0.2, 0.25) is 0 Å². The molecular formula is C11H24O4. The summed E-state index contributed by atoms with van der Waals surface area (Å²) >= 11 is 0. The molecule has 0 saturated heterocycles. The van der Waals surface area contributed by atoms with Crippen molar-refractivity contribution in [1.29, 1.82) is 0 Å². The van der Waals surface area contributed by atoms with E-state index in [9.17, 15) is 15.3 Å². The van der Waals surface area contributed by atoms with Gasteiger partial charge in [0, 0.05) is 0 Å². The van der Waals surface area contributed by atoms with Crippen molar-refractivity contribution in [3.05, 3.63) is 0 Å². The van der Waals surface area contributed by atoms with Gasteiger partial charge in [0.05, 0.1) is 25.4 Å². The fourth-order valence-electron chi connectivity index (χ4n) is 1.52. The molecule has 3 N–H and O–H groups in total. The molecule has 0 aromatic carbocycles. The lowest BCUT2D eigenvalue weighted by Gasteiger charge is -2.39. The van der Waals surface area contributed by atoms with Crippen molar-refractivity contribution in [1.82, 2.24) is 0 Å². The fourth-order valence-corrected chi connectivity index (χ4v) is 1.52. The highest BCUT2D eigenvalue weighted by Gasteiger charge is 2.36. The molecule has 92 valence electrons. The van der Waals surface area contributed by atoms with Crippen molar-refractivity contribution >= 4 is 0 Å². The second-order valence-electron chi connectivity index (χ2n) is 4.31. The molecule has 1 unspecified atom stereocenters. The van der Waals surface area contributed by atoms with E-state index < -0.39 is 11.2 Å². The minimum absolute atomic E-state index is 0.116. The molecule has 0 fully saturated rings. The standard InChI is InChI=1S/C11H24O4/c1-4-6-11(8-13,9-14)15-10(3,5-2)7-12/h12-14H,4-9H2,1-3H3. The van der Waals surface area contributed by atoms with E-state index in [4.69, 9.17) is 4.74 Å². The zero-order valence-electron chi connectivity index (χ0n) is 9.99. The second-order valence-corrected chi connectivity index (χ2v) is 4.31. The Balaban J connectivity index is 4.63. The molecule has 0 heterocycles. The van der Waals surface area contributed by atoms with Crippen molar-refractivity contribution in [2.24, 2.45) is 0 Å². The quantitative estimate of drug-likeness (QED) is 0.563. The molecule has 0 aromatic rings. The van der Waals surface area contributed by atoms with Crippen LogP contribution in [0.15, 0.2) is 0 Å². The van der Waals surface area contributed by atoms with Crippen LogP contribution in [-0.2, 0) is 4.74 Å². The van der Waals surface area contributed by atoms with Crippen LogP contribution in [-0.4, -0.2) is 46.3 Å². The summed E-state index contributed by atoms with van der Waals surface area (Å²) < 4.78 is 5.71. The van der Waals surface area contributed by atoms with E-state index in [1.807, 2.05) is 13.8 Å². The van der Waals surface area contributed by atoms with Gasteiger partial charge in [0.25, 0.3) is 0 Å². The van der Waals surface area contributed by atoms with Gasteiger partial charge in [-0.25, -0.2) is 0 Å². The van der Waals surface area contributed by atoms with Crippen LogP contribution in [0, 0.1) is 0 Å². The van der Waals surface area contributed by atoms with E-state index >= 15 is 0 Å². The molecule has 0 spiro atoms. The summed E-state index contributed by atoms with van der Waals surface area (Å²) in [4.78, 5) is 0. The van der Waals surface area contributed by atoms with Gasteiger partial charge in [-0.3, -0.25) is 0 Å². The maximum Gasteiger partial charge on any atom is 0.115 e. The van der Waals surface area contributed by atoms with Gasteiger partial charge < -0.3 is 20.1 Å². The molecule has 0 saturated carbocycles. The van der Waals surface area contributed by atoms with Crippen molar-refractivity contribution in [2.75, 3.05) is 19.8 Å². The molecule has 15 heavy (non-hydrogen) atoms. The lowest BCUT2D eigenvalue weighted by molar-refractivity contribution is -0.201. The number of ether oxygens (including phenoxy) is 1. The number of hydrogen-bond acceptors (Lipinski definition) is 4. The molecule has 4 heteroatoms. The zero-order chi connectivity index (χ0) is 11.9. The number of hydrogen-bond donors (Lipinski definition) is 3. The summed E-state index contributed by atoms with van der Waals surface area (Å²) in [5.41, 5.74) is -1.62. The van der Waals surface area contributed by atoms with Crippen molar-refractivity contribution < 1.29 is 20.1 Å². The van der Waals surface area contributed by atoms with Crippen LogP contribution >= 0.6 is 0 Å². The Labute approximate surface area is 91.9 Å². The molecule has 1 atom stereocenters. The van der Waals surface area contributed by atoms with Gasteiger partial charge in [-0.2, -0.15) is 0 Å². The van der Waals surface area contributed by atoms with Gasteiger partial charge in [0.2, 0.25) is 0 Å². The zero-order valence-corrected chi connectivity index (χ0v) is 9.99. The first kappa shape index (κ1) is 14.8. The summed E-state index contributed by atoms with van der Waals surface area (Å²) in [5.74, 6) is 0. The van der Waals surface area contributed by atoms with Crippen LogP contribution in [0.5, 0.6) is 0 Å². The Morgan fingerprint density at radius 3 is 1.80 bits per heavy atom. The van der Waals surface area contributed by atoms with E-state index in [1.54, 1.807) is 6.92 Å². The monoisotopic (exact) mass is 220 g/mol. The highest BCUT2D eigenvalue weighted by atomic mass is 16.6. The third-order valence-electron chi connectivity index (χ3n) is 2.83.